The summed E-state index contributed by atoms with van der Waals surface area (Å²) in [5, 5.41) is 59.6. The molecule has 6 N–H and O–H groups in total. The van der Waals surface area contributed by atoms with Gasteiger partial charge in [0.05, 0.1) is 33.4 Å². The molecule has 11 nitrogen and oxygen atoms in total. The predicted molar refractivity (Wildman–Crippen MR) is 129 cm³/mol. The Morgan fingerprint density at radius 2 is 1.59 bits per heavy atom. The highest BCUT2D eigenvalue weighted by Crippen LogP contribution is 2.51. The molecule has 2 aliphatic heterocycles. The summed E-state index contributed by atoms with van der Waals surface area (Å²) < 4.78 is 28.5. The normalized spacial score (nSPS) is 28.9. The maximum atomic E-state index is 10.4. The van der Waals surface area contributed by atoms with Crippen molar-refractivity contribution in [2.24, 2.45) is 0 Å². The summed E-state index contributed by atoms with van der Waals surface area (Å²) in [6.45, 7) is -0.735. The van der Waals surface area contributed by atoms with E-state index in [1.165, 1.54) is 14.2 Å². The van der Waals surface area contributed by atoms with Gasteiger partial charge in [0.1, 0.15) is 30.5 Å². The summed E-state index contributed by atoms with van der Waals surface area (Å²) in [7, 11) is 2.97. The molecule has 0 radical (unpaired) electrons. The molecule has 204 valence electrons. The fraction of sp³-hybridized carbons (Fsp3) is 0.538. The lowest BCUT2D eigenvalue weighted by molar-refractivity contribution is -0.277. The monoisotopic (exact) mass is 522 g/mol. The fourth-order valence-electron chi connectivity index (χ4n) is 4.78. The number of methoxy groups -OCH3 is 2. The minimum atomic E-state index is -1.59. The van der Waals surface area contributed by atoms with Gasteiger partial charge in [-0.25, -0.2) is 0 Å². The van der Waals surface area contributed by atoms with Crippen LogP contribution in [0.5, 0.6) is 23.0 Å². The van der Waals surface area contributed by atoms with Crippen LogP contribution >= 0.6 is 0 Å². The largest absolute Gasteiger partial charge is 0.493 e. The number of aliphatic hydroxyl groups excluding tert-OH is 6. The van der Waals surface area contributed by atoms with Crippen molar-refractivity contribution < 1.29 is 54.3 Å². The van der Waals surface area contributed by atoms with Crippen LogP contribution in [0.15, 0.2) is 30.3 Å². The molecule has 2 aromatic rings. The molecule has 0 amide bonds. The Morgan fingerprint density at radius 1 is 0.838 bits per heavy atom. The molecule has 0 bridgehead atoms. The lowest BCUT2D eigenvalue weighted by Gasteiger charge is -2.39. The Labute approximate surface area is 214 Å². The maximum absolute atomic E-state index is 10.4. The average molecular weight is 523 g/mol. The Kier molecular flexibility index (Phi) is 8.75. The van der Waals surface area contributed by atoms with Gasteiger partial charge in [0.25, 0.3) is 0 Å². The van der Waals surface area contributed by atoms with Crippen LogP contribution < -0.4 is 18.9 Å². The number of hydrogen-bond acceptors (Lipinski definition) is 11. The van der Waals surface area contributed by atoms with Crippen LogP contribution in [0.25, 0.3) is 0 Å². The van der Waals surface area contributed by atoms with Gasteiger partial charge in [-0.1, -0.05) is 12.1 Å². The summed E-state index contributed by atoms with van der Waals surface area (Å²) in [6.07, 6.45) is -6.60. The van der Waals surface area contributed by atoms with E-state index in [0.29, 0.717) is 35.7 Å². The first-order valence-corrected chi connectivity index (χ1v) is 12.1. The van der Waals surface area contributed by atoms with Crippen molar-refractivity contribution in [2.45, 2.75) is 55.6 Å². The van der Waals surface area contributed by atoms with Crippen LogP contribution in [0.1, 0.15) is 35.1 Å². The van der Waals surface area contributed by atoms with E-state index in [9.17, 15) is 30.6 Å². The predicted octanol–water partition coefficient (Wildman–Crippen LogP) is 0.0170. The number of ether oxygens (including phenoxy) is 5. The SMILES string of the molecule is COc1ccc([C@@H]2Oc3c(OC)cc(CCCO)cc3[C@H]2CO)cc1O[C@@H]1O[C@@H](CO)[C@@H](O)[C@@H](O)[C@@H]1O. The highest BCUT2D eigenvalue weighted by atomic mass is 16.7. The third-order valence-corrected chi connectivity index (χ3v) is 6.80. The summed E-state index contributed by atoms with van der Waals surface area (Å²) in [4.78, 5) is 0. The molecule has 2 heterocycles. The summed E-state index contributed by atoms with van der Waals surface area (Å²) in [6, 6.07) is 8.83. The van der Waals surface area contributed by atoms with E-state index in [1.807, 2.05) is 12.1 Å². The molecule has 11 heteroatoms. The standard InChI is InChI=1S/C26H34O11/c1-33-17-6-5-14(10-18(17)35-26-23(32)22(31)21(30)20(12-29)36-26)24-16(11-28)15-8-13(4-3-7-27)9-19(34-2)25(15)37-24/h5-6,8-10,16,20-24,26-32H,3-4,7,11-12H2,1-2H3/t16-,20+,21-,22-,23+,24+,26-/m1/s1. The van der Waals surface area contributed by atoms with Crippen LogP contribution in [0.3, 0.4) is 0 Å². The van der Waals surface area contributed by atoms with Gasteiger partial charge in [-0.05, 0) is 42.2 Å². The van der Waals surface area contributed by atoms with Gasteiger partial charge >= 0.3 is 0 Å². The van der Waals surface area contributed by atoms with Crippen molar-refractivity contribution in [3.8, 4) is 23.0 Å². The van der Waals surface area contributed by atoms with Crippen LogP contribution in [-0.2, 0) is 11.2 Å². The Bertz CT molecular complexity index is 1060. The molecule has 1 fully saturated rings. The average Bonchev–Trinajstić information content (AvgIpc) is 3.30. The van der Waals surface area contributed by atoms with E-state index >= 15 is 0 Å². The Hall–Kier alpha value is -2.64. The smallest absolute Gasteiger partial charge is 0.229 e. The highest BCUT2D eigenvalue weighted by molar-refractivity contribution is 5.56. The second kappa shape index (κ2) is 11.8. The molecule has 1 saturated heterocycles. The summed E-state index contributed by atoms with van der Waals surface area (Å²) in [5.41, 5.74) is 2.37. The van der Waals surface area contributed by atoms with Crippen molar-refractivity contribution >= 4 is 0 Å². The first-order chi connectivity index (χ1) is 17.9. The molecule has 0 aliphatic carbocycles. The number of fused-ring (bicyclic) bond motifs is 1. The van der Waals surface area contributed by atoms with Gasteiger partial charge in [0, 0.05) is 12.2 Å². The van der Waals surface area contributed by atoms with Crippen LogP contribution in [0.2, 0.25) is 0 Å². The van der Waals surface area contributed by atoms with E-state index < -0.39 is 49.3 Å². The molecule has 2 aromatic carbocycles. The molecule has 7 atom stereocenters. The first kappa shape index (κ1) is 27.4. The van der Waals surface area contributed by atoms with Gasteiger partial charge in [-0.3, -0.25) is 0 Å². The lowest BCUT2D eigenvalue weighted by atomic mass is 9.90. The molecule has 0 saturated carbocycles. The van der Waals surface area contributed by atoms with Crippen molar-refractivity contribution in [3.05, 3.63) is 47.0 Å². The molecule has 0 aromatic heterocycles. The number of benzene rings is 2. The van der Waals surface area contributed by atoms with Crippen molar-refractivity contribution in [3.63, 3.8) is 0 Å². The van der Waals surface area contributed by atoms with Crippen molar-refractivity contribution in [1.29, 1.82) is 0 Å². The molecular formula is C26H34O11. The minimum absolute atomic E-state index is 0.0605. The van der Waals surface area contributed by atoms with Gasteiger partial charge in [-0.15, -0.1) is 0 Å². The number of aliphatic hydroxyl groups is 6. The molecule has 0 unspecified atom stereocenters. The first-order valence-electron chi connectivity index (χ1n) is 12.1. The molecule has 0 spiro atoms. The van der Waals surface area contributed by atoms with Gasteiger partial charge in [0.15, 0.2) is 23.0 Å². The quantitative estimate of drug-likeness (QED) is 0.249. The number of aryl methyl sites for hydroxylation is 1. The molecular weight excluding hydrogens is 488 g/mol. The van der Waals surface area contributed by atoms with Gasteiger partial charge in [0.2, 0.25) is 6.29 Å². The molecule has 4 rings (SSSR count). The summed E-state index contributed by atoms with van der Waals surface area (Å²) >= 11 is 0. The van der Waals surface area contributed by atoms with Gasteiger partial charge < -0.3 is 54.3 Å². The highest BCUT2D eigenvalue weighted by Gasteiger charge is 2.45. The second-order valence-electron chi connectivity index (χ2n) is 9.10. The maximum Gasteiger partial charge on any atom is 0.229 e. The third kappa shape index (κ3) is 5.34. The van der Waals surface area contributed by atoms with E-state index in [-0.39, 0.29) is 19.0 Å². The fourth-order valence-corrected chi connectivity index (χ4v) is 4.78. The minimum Gasteiger partial charge on any atom is -0.493 e. The van der Waals surface area contributed by atoms with E-state index in [1.54, 1.807) is 18.2 Å². The zero-order valence-corrected chi connectivity index (χ0v) is 20.7. The zero-order chi connectivity index (χ0) is 26.7. The van der Waals surface area contributed by atoms with E-state index in [0.717, 1.165) is 11.1 Å². The third-order valence-electron chi connectivity index (χ3n) is 6.80. The van der Waals surface area contributed by atoms with Crippen LogP contribution in [0.4, 0.5) is 0 Å². The zero-order valence-electron chi connectivity index (χ0n) is 20.7. The van der Waals surface area contributed by atoms with E-state index in [4.69, 9.17) is 23.7 Å². The number of hydrogen-bond donors (Lipinski definition) is 6. The lowest BCUT2D eigenvalue weighted by Crippen LogP contribution is -2.60. The summed E-state index contributed by atoms with van der Waals surface area (Å²) in [5.74, 6) is 1.09. The Morgan fingerprint density at radius 3 is 2.24 bits per heavy atom. The molecule has 37 heavy (non-hydrogen) atoms. The topological polar surface area (TPSA) is 168 Å². The van der Waals surface area contributed by atoms with E-state index in [2.05, 4.69) is 0 Å². The number of rotatable bonds is 10. The van der Waals surface area contributed by atoms with Crippen LogP contribution in [0, 0.1) is 0 Å². The van der Waals surface area contributed by atoms with Crippen molar-refractivity contribution in [1.82, 2.24) is 0 Å². The Balaban J connectivity index is 1.64. The van der Waals surface area contributed by atoms with Crippen molar-refractivity contribution in [2.75, 3.05) is 34.0 Å². The van der Waals surface area contributed by atoms with Crippen LogP contribution in [-0.4, -0.2) is 95.4 Å². The second-order valence-corrected chi connectivity index (χ2v) is 9.10. The van der Waals surface area contributed by atoms with Gasteiger partial charge in [-0.2, -0.15) is 0 Å². The molecule has 2 aliphatic rings.